The Labute approximate surface area is 348 Å². The summed E-state index contributed by atoms with van der Waals surface area (Å²) in [5.41, 5.74) is 0.330. The molecule has 4 aromatic rings. The van der Waals surface area contributed by atoms with Crippen LogP contribution in [-0.4, -0.2) is 11.6 Å². The van der Waals surface area contributed by atoms with E-state index in [0.717, 1.165) is 0 Å². The molecule has 0 unspecified atom stereocenters. The second kappa shape index (κ2) is 20.2. The van der Waals surface area contributed by atoms with Gasteiger partial charge in [0.15, 0.2) is 58.1 Å². The van der Waals surface area contributed by atoms with Gasteiger partial charge in [-0.1, -0.05) is 72.8 Å². The summed E-state index contributed by atoms with van der Waals surface area (Å²) in [6, 6.07) is 16.0. The Hall–Kier alpha value is -5.15. The van der Waals surface area contributed by atoms with E-state index in [0.29, 0.717) is 33.4 Å². The van der Waals surface area contributed by atoms with Crippen LogP contribution in [0.2, 0.25) is 0 Å². The van der Waals surface area contributed by atoms with E-state index in [4.69, 9.17) is 18.6 Å². The number of benzene rings is 4. The van der Waals surface area contributed by atoms with Crippen LogP contribution in [0.3, 0.4) is 0 Å². The van der Waals surface area contributed by atoms with Crippen molar-refractivity contribution in [2.75, 3.05) is 10.6 Å². The van der Waals surface area contributed by atoms with Gasteiger partial charge in [0, 0.05) is 11.1 Å². The van der Waals surface area contributed by atoms with Gasteiger partial charge < -0.3 is 10.6 Å². The van der Waals surface area contributed by atoms with Gasteiger partial charge in [0.25, 0.3) is 0 Å². The Bertz CT molecular complexity index is 2290. The number of halogens is 12. The quantitative estimate of drug-likeness (QED) is 0.0665. The molecule has 0 amide bonds. The third-order valence-electron chi connectivity index (χ3n) is 8.42. The minimum absolute atomic E-state index is 0.0487. The van der Waals surface area contributed by atoms with Crippen LogP contribution in [0.15, 0.2) is 118 Å². The van der Waals surface area contributed by atoms with Crippen LogP contribution in [0.25, 0.3) is 11.4 Å². The maximum absolute atomic E-state index is 14.2. The molecule has 0 saturated carbocycles. The van der Waals surface area contributed by atoms with E-state index in [2.05, 4.69) is 10.6 Å². The van der Waals surface area contributed by atoms with Crippen molar-refractivity contribution >= 4 is 52.9 Å². The number of ketones is 2. The van der Waals surface area contributed by atoms with Crippen LogP contribution in [0.4, 0.5) is 55.3 Å². The fourth-order valence-corrected chi connectivity index (χ4v) is 5.76. The van der Waals surface area contributed by atoms with Gasteiger partial charge in [-0.25, -0.2) is 43.9 Å². The van der Waals surface area contributed by atoms with Gasteiger partial charge >= 0.3 is 35.6 Å². The van der Waals surface area contributed by atoms with Crippen LogP contribution in [0.5, 0.6) is 0 Å². The van der Waals surface area contributed by atoms with Crippen LogP contribution >= 0.6 is 18.6 Å². The van der Waals surface area contributed by atoms with Gasteiger partial charge in [0.05, 0.1) is 11.4 Å². The molecule has 2 aliphatic rings. The molecule has 59 heavy (non-hydrogen) atoms. The monoisotopic (exact) mass is 900 g/mol. The zero-order valence-electron chi connectivity index (χ0n) is 30.9. The fourth-order valence-electron chi connectivity index (χ4n) is 5.76. The van der Waals surface area contributed by atoms with Crippen molar-refractivity contribution in [1.82, 2.24) is 0 Å². The second-order valence-electron chi connectivity index (χ2n) is 12.6. The van der Waals surface area contributed by atoms with Crippen molar-refractivity contribution in [1.29, 1.82) is 0 Å². The summed E-state index contributed by atoms with van der Waals surface area (Å²) >= 11 is -0.556. The number of carbonyl (C=O) groups is 2. The van der Waals surface area contributed by atoms with Crippen molar-refractivity contribution in [2.45, 2.75) is 27.7 Å². The van der Waals surface area contributed by atoms with Crippen molar-refractivity contribution in [3.63, 3.8) is 0 Å². The first kappa shape index (κ1) is 46.5. The molecule has 306 valence electrons. The number of hydrogen-bond donors (Lipinski definition) is 2. The molecule has 0 fully saturated rings. The molecule has 2 aliphatic carbocycles. The molecule has 0 radical (unpaired) electrons. The molecule has 0 heterocycles. The summed E-state index contributed by atoms with van der Waals surface area (Å²) in [7, 11) is 9.78. The van der Waals surface area contributed by atoms with E-state index >= 15 is 0 Å². The number of anilines is 2. The summed E-state index contributed by atoms with van der Waals surface area (Å²) < 4.78 is 138. The molecule has 0 spiro atoms. The summed E-state index contributed by atoms with van der Waals surface area (Å²) in [5, 5.41) is 4.54. The zero-order chi connectivity index (χ0) is 43.9. The first-order chi connectivity index (χ1) is 27.9. The van der Waals surface area contributed by atoms with Gasteiger partial charge in [0.2, 0.25) is 11.6 Å². The number of allylic oxidation sites excluding steroid dienone is 10. The van der Waals surface area contributed by atoms with Crippen molar-refractivity contribution < 1.29 is 70.5 Å². The van der Waals surface area contributed by atoms with E-state index in [-0.39, 0.29) is 22.5 Å². The molecule has 0 saturated heterocycles. The SMILES string of the molecule is CC1=C/C(=C(/Nc2c(F)c(F)c(F)c(F)c2F)c2ccccc2)C(=O)C(C)=C1.CC1=C/C(=C(/Nc2c(F)c(F)c(F)c(F)c2F)c2ccccc2)C(=O)C(C)=C1.[Cl][Ti][Cl]. The van der Waals surface area contributed by atoms with Crippen LogP contribution in [0, 0.1) is 58.2 Å². The van der Waals surface area contributed by atoms with E-state index in [1.165, 1.54) is 12.2 Å². The molecule has 2 N–H and O–H groups in total. The van der Waals surface area contributed by atoms with E-state index in [1.54, 1.807) is 101 Å². The van der Waals surface area contributed by atoms with Gasteiger partial charge in [-0.05, 0) is 73.3 Å². The second-order valence-corrected chi connectivity index (χ2v) is 15.2. The van der Waals surface area contributed by atoms with Gasteiger partial charge in [-0.3, -0.25) is 9.59 Å². The molecule has 0 aromatic heterocycles. The zero-order valence-corrected chi connectivity index (χ0v) is 34.0. The standard InChI is InChI=1S/2C21H14F5NO.2ClH.Ti/c2*1-10-8-11(2)21(28)13(9-10)19(12-6-4-3-5-7-12)27-20-17(25)15(23)14(22)16(24)18(20)26;;;/h2*3-9,27H,1-2H3;2*1H;/q;;;;+2/p-2/b2*19-13-;;;. The van der Waals surface area contributed by atoms with Crippen molar-refractivity contribution in [3.05, 3.63) is 188 Å². The topological polar surface area (TPSA) is 58.2 Å². The summed E-state index contributed by atoms with van der Waals surface area (Å²) in [5.74, 6) is -21.7. The predicted molar refractivity (Wildman–Crippen MR) is 203 cm³/mol. The average molecular weight is 901 g/mol. The summed E-state index contributed by atoms with van der Waals surface area (Å²) in [6.45, 7) is 6.58. The summed E-state index contributed by atoms with van der Waals surface area (Å²) in [6.07, 6.45) is 6.23. The van der Waals surface area contributed by atoms with Gasteiger partial charge in [-0.15, -0.1) is 0 Å². The Balaban J connectivity index is 0.000000244. The van der Waals surface area contributed by atoms with Crippen molar-refractivity contribution in [2.24, 2.45) is 0 Å². The molecule has 0 bridgehead atoms. The number of carbonyl (C=O) groups excluding carboxylic acids is 2. The fraction of sp³-hybridized carbons (Fsp3) is 0.0952. The predicted octanol–water partition coefficient (Wildman–Crippen LogP) is 12.7. The Morgan fingerprint density at radius 2 is 0.695 bits per heavy atom. The van der Waals surface area contributed by atoms with Gasteiger partial charge in [-0.2, -0.15) is 0 Å². The Morgan fingerprint density at radius 1 is 0.441 bits per heavy atom. The summed E-state index contributed by atoms with van der Waals surface area (Å²) in [4.78, 5) is 25.3. The average Bonchev–Trinajstić information content (AvgIpc) is 3.22. The van der Waals surface area contributed by atoms with Gasteiger partial charge in [0.1, 0.15) is 11.4 Å². The van der Waals surface area contributed by atoms with E-state index in [9.17, 15) is 53.5 Å². The molecule has 0 atom stereocenters. The molecule has 17 heteroatoms. The molecular weight excluding hydrogens is 873 g/mol. The van der Waals surface area contributed by atoms with E-state index in [1.807, 2.05) is 0 Å². The molecule has 4 aromatic carbocycles. The maximum atomic E-state index is 14.2. The molecular formula is C42H28Cl2F10N2O2Ti. The molecule has 0 aliphatic heterocycles. The normalized spacial score (nSPS) is 15.3. The Morgan fingerprint density at radius 3 is 0.966 bits per heavy atom. The third kappa shape index (κ3) is 10.4. The number of hydrogen-bond acceptors (Lipinski definition) is 4. The van der Waals surface area contributed by atoms with Crippen LogP contribution < -0.4 is 10.6 Å². The first-order valence-corrected chi connectivity index (χ1v) is 21.1. The number of rotatable bonds is 6. The van der Waals surface area contributed by atoms with E-state index < -0.39 is 98.1 Å². The van der Waals surface area contributed by atoms with Crippen LogP contribution in [-0.2, 0) is 26.6 Å². The third-order valence-corrected chi connectivity index (χ3v) is 8.42. The first-order valence-electron chi connectivity index (χ1n) is 16.8. The molecule has 4 nitrogen and oxygen atoms in total. The Kier molecular flexibility index (Phi) is 15.9. The number of nitrogens with one attached hydrogen (secondary N) is 2. The van der Waals surface area contributed by atoms with Crippen LogP contribution in [0.1, 0.15) is 38.8 Å². The molecule has 6 rings (SSSR count). The number of Topliss-reactive ketones (excluding diaryl/α,β-unsaturated/α-hetero) is 2. The minimum atomic E-state index is -2.25. The van der Waals surface area contributed by atoms with Crippen molar-refractivity contribution in [3.8, 4) is 0 Å².